The zero-order valence-electron chi connectivity index (χ0n) is 16.7. The van der Waals surface area contributed by atoms with Crippen LogP contribution in [0.3, 0.4) is 0 Å². The third kappa shape index (κ3) is 3.26. The van der Waals surface area contributed by atoms with Crippen molar-refractivity contribution >= 4 is 28.3 Å². The lowest BCUT2D eigenvalue weighted by atomic mass is 9.77. The van der Waals surface area contributed by atoms with Gasteiger partial charge in [0.15, 0.2) is 5.01 Å². The number of amides is 1. The molecule has 1 N–H and O–H groups in total. The number of nitrogens with zero attached hydrogens (tertiary/aromatic N) is 4. The maximum atomic E-state index is 13.0. The average molecular weight is 411 g/mol. The summed E-state index contributed by atoms with van der Waals surface area (Å²) in [7, 11) is 0. The highest BCUT2D eigenvalue weighted by molar-refractivity contribution is 7.11. The molecule has 0 bridgehead atoms. The first-order valence-corrected chi connectivity index (χ1v) is 11.2. The van der Waals surface area contributed by atoms with Crippen molar-refractivity contribution in [1.82, 2.24) is 19.4 Å². The Morgan fingerprint density at radius 2 is 1.97 bits per heavy atom. The summed E-state index contributed by atoms with van der Waals surface area (Å²) in [5.41, 5.74) is 3.00. The van der Waals surface area contributed by atoms with Crippen molar-refractivity contribution < 1.29 is 9.90 Å². The molecule has 0 radical (unpaired) electrons. The van der Waals surface area contributed by atoms with Crippen LogP contribution in [0.1, 0.15) is 54.1 Å². The number of carbonyl (C=O) groups excluding carboxylic acids is 1. The maximum Gasteiger partial charge on any atom is 0.282 e. The summed E-state index contributed by atoms with van der Waals surface area (Å²) in [5.74, 6) is 1.12. The second kappa shape index (κ2) is 7.22. The van der Waals surface area contributed by atoms with Gasteiger partial charge in [-0.15, -0.1) is 11.3 Å². The van der Waals surface area contributed by atoms with Crippen LogP contribution in [0.2, 0.25) is 0 Å². The molecule has 1 saturated heterocycles. The molecule has 7 heteroatoms. The molecular formula is C22H26N4O2S. The third-order valence-corrected chi connectivity index (χ3v) is 7.38. The molecule has 1 amide bonds. The minimum atomic E-state index is -0.420. The molecular weight excluding hydrogens is 384 g/mol. The second-order valence-electron chi connectivity index (χ2n) is 8.71. The van der Waals surface area contributed by atoms with E-state index in [4.69, 9.17) is 0 Å². The van der Waals surface area contributed by atoms with Crippen LogP contribution in [0.15, 0.2) is 36.0 Å². The smallest absolute Gasteiger partial charge is 0.282 e. The Morgan fingerprint density at radius 1 is 1.21 bits per heavy atom. The topological polar surface area (TPSA) is 71.2 Å². The van der Waals surface area contributed by atoms with Crippen LogP contribution in [-0.4, -0.2) is 49.6 Å². The van der Waals surface area contributed by atoms with Gasteiger partial charge in [0.25, 0.3) is 5.91 Å². The SMILES string of the molecule is CC(C)c1csc(C(=O)N2C[C@H]3C[C@@H](n4cnc5ccccc54)[C@H](O)C[C@H]3C2)n1. The zero-order valence-corrected chi connectivity index (χ0v) is 17.5. The average Bonchev–Trinajstić information content (AvgIpc) is 3.44. The molecule has 3 aromatic rings. The fourth-order valence-electron chi connectivity index (χ4n) is 4.90. The summed E-state index contributed by atoms with van der Waals surface area (Å²) >= 11 is 1.44. The molecule has 1 saturated carbocycles. The van der Waals surface area contributed by atoms with E-state index < -0.39 is 6.10 Å². The van der Waals surface area contributed by atoms with E-state index in [1.165, 1.54) is 11.3 Å². The minimum absolute atomic E-state index is 0.00566. The van der Waals surface area contributed by atoms with Gasteiger partial charge in [-0.2, -0.15) is 0 Å². The van der Waals surface area contributed by atoms with E-state index in [1.807, 2.05) is 34.8 Å². The van der Waals surface area contributed by atoms with Gasteiger partial charge in [0.2, 0.25) is 0 Å². The van der Waals surface area contributed by atoms with Crippen LogP contribution in [0.4, 0.5) is 0 Å². The number of aromatic nitrogens is 3. The molecule has 0 unspecified atom stereocenters. The maximum absolute atomic E-state index is 13.0. The molecule has 1 aliphatic carbocycles. The molecule has 29 heavy (non-hydrogen) atoms. The number of aliphatic hydroxyl groups excluding tert-OH is 1. The number of fused-ring (bicyclic) bond motifs is 2. The van der Waals surface area contributed by atoms with Gasteiger partial charge in [-0.25, -0.2) is 9.97 Å². The van der Waals surface area contributed by atoms with E-state index >= 15 is 0 Å². The fraction of sp³-hybridized carbons (Fsp3) is 0.500. The molecule has 3 heterocycles. The van der Waals surface area contributed by atoms with Crippen molar-refractivity contribution in [2.24, 2.45) is 11.8 Å². The number of aliphatic hydroxyl groups is 1. The number of thiazole rings is 1. The molecule has 6 nitrogen and oxygen atoms in total. The number of carbonyl (C=O) groups is 1. The Labute approximate surface area is 174 Å². The van der Waals surface area contributed by atoms with Crippen molar-refractivity contribution in [2.45, 2.75) is 44.8 Å². The number of para-hydroxylation sites is 2. The Balaban J connectivity index is 1.34. The number of imidazole rings is 1. The highest BCUT2D eigenvalue weighted by Crippen LogP contribution is 2.42. The van der Waals surface area contributed by atoms with E-state index in [2.05, 4.69) is 34.4 Å². The van der Waals surface area contributed by atoms with Gasteiger partial charge >= 0.3 is 0 Å². The number of hydrogen-bond acceptors (Lipinski definition) is 5. The summed E-state index contributed by atoms with van der Waals surface area (Å²) < 4.78 is 2.12. The summed E-state index contributed by atoms with van der Waals surface area (Å²) in [5, 5.41) is 13.5. The van der Waals surface area contributed by atoms with Crippen molar-refractivity contribution in [2.75, 3.05) is 13.1 Å². The monoisotopic (exact) mass is 410 g/mol. The molecule has 5 rings (SSSR count). The second-order valence-corrected chi connectivity index (χ2v) is 9.57. The first-order chi connectivity index (χ1) is 14.0. The predicted octanol–water partition coefficient (Wildman–Crippen LogP) is 3.70. The van der Waals surface area contributed by atoms with Gasteiger partial charge in [0.1, 0.15) is 0 Å². The van der Waals surface area contributed by atoms with Crippen molar-refractivity contribution in [3.63, 3.8) is 0 Å². The Morgan fingerprint density at radius 3 is 2.72 bits per heavy atom. The highest BCUT2D eigenvalue weighted by Gasteiger charge is 2.44. The number of likely N-dealkylation sites (tertiary alicyclic amines) is 1. The minimum Gasteiger partial charge on any atom is -0.391 e. The Kier molecular flexibility index (Phi) is 4.67. The van der Waals surface area contributed by atoms with Crippen LogP contribution in [-0.2, 0) is 0 Å². The molecule has 4 atom stereocenters. The zero-order chi connectivity index (χ0) is 20.1. The standard InChI is InChI=1S/C22H26N4O2S/c1-13(2)17-11-29-21(24-17)22(28)25-9-14-7-19(20(27)8-15(14)10-25)26-12-23-16-5-3-4-6-18(16)26/h3-6,11-15,19-20,27H,7-10H2,1-2H3/t14-,15+,19-,20-/m1/s1. The van der Waals surface area contributed by atoms with E-state index in [9.17, 15) is 9.90 Å². The van der Waals surface area contributed by atoms with Crippen LogP contribution >= 0.6 is 11.3 Å². The van der Waals surface area contributed by atoms with Gasteiger partial charge in [0.05, 0.1) is 35.2 Å². The van der Waals surface area contributed by atoms with Crippen LogP contribution in [0.25, 0.3) is 11.0 Å². The molecule has 0 spiro atoms. The lowest BCUT2D eigenvalue weighted by Crippen LogP contribution is -2.36. The molecule has 2 aromatic heterocycles. The van der Waals surface area contributed by atoms with Gasteiger partial charge in [-0.05, 0) is 42.7 Å². The summed E-state index contributed by atoms with van der Waals surface area (Å²) in [6.07, 6.45) is 3.02. The number of benzene rings is 1. The van der Waals surface area contributed by atoms with Crippen molar-refractivity contribution in [3.8, 4) is 0 Å². The molecule has 1 aliphatic heterocycles. The van der Waals surface area contributed by atoms with Crippen LogP contribution in [0.5, 0.6) is 0 Å². The van der Waals surface area contributed by atoms with E-state index in [0.717, 1.165) is 36.1 Å². The molecule has 1 aromatic carbocycles. The lowest BCUT2D eigenvalue weighted by molar-refractivity contribution is 0.0374. The summed E-state index contributed by atoms with van der Waals surface area (Å²) in [4.78, 5) is 24.0. The van der Waals surface area contributed by atoms with Gasteiger partial charge < -0.3 is 14.6 Å². The van der Waals surface area contributed by atoms with Gasteiger partial charge in [-0.1, -0.05) is 26.0 Å². The normalized spacial score (nSPS) is 27.0. The lowest BCUT2D eigenvalue weighted by Gasteiger charge is -2.36. The van der Waals surface area contributed by atoms with Crippen molar-refractivity contribution in [3.05, 3.63) is 46.7 Å². The van der Waals surface area contributed by atoms with Gasteiger partial charge in [0, 0.05) is 18.5 Å². The molecule has 2 fully saturated rings. The van der Waals surface area contributed by atoms with E-state index in [0.29, 0.717) is 29.3 Å². The number of hydrogen-bond donors (Lipinski definition) is 1. The van der Waals surface area contributed by atoms with E-state index in [-0.39, 0.29) is 11.9 Å². The summed E-state index contributed by atoms with van der Waals surface area (Å²) in [6.45, 7) is 5.65. The third-order valence-electron chi connectivity index (χ3n) is 6.53. The Hall–Kier alpha value is -2.25. The van der Waals surface area contributed by atoms with Crippen LogP contribution < -0.4 is 0 Å². The van der Waals surface area contributed by atoms with Gasteiger partial charge in [-0.3, -0.25) is 4.79 Å². The molecule has 2 aliphatic rings. The molecule has 152 valence electrons. The predicted molar refractivity (Wildman–Crippen MR) is 113 cm³/mol. The fourth-order valence-corrected chi connectivity index (χ4v) is 5.84. The summed E-state index contributed by atoms with van der Waals surface area (Å²) in [6, 6.07) is 8.05. The largest absolute Gasteiger partial charge is 0.391 e. The van der Waals surface area contributed by atoms with Crippen molar-refractivity contribution in [1.29, 1.82) is 0 Å². The van der Waals surface area contributed by atoms with Crippen LogP contribution in [0, 0.1) is 11.8 Å². The quantitative estimate of drug-likeness (QED) is 0.715. The van der Waals surface area contributed by atoms with E-state index in [1.54, 1.807) is 0 Å². The number of rotatable bonds is 3. The first kappa shape index (κ1) is 18.8. The first-order valence-electron chi connectivity index (χ1n) is 10.4. The highest BCUT2D eigenvalue weighted by atomic mass is 32.1. The Bertz CT molecular complexity index is 1040.